The molecule has 0 saturated heterocycles. The predicted molar refractivity (Wildman–Crippen MR) is 126 cm³/mol. The van der Waals surface area contributed by atoms with Crippen LogP contribution in [0.25, 0.3) is 11.1 Å². The smallest absolute Gasteiger partial charge is 0.407 e. The number of aliphatic carboxylic acids is 1. The number of benzene rings is 2. The lowest BCUT2D eigenvalue weighted by atomic mass is 9.94. The molecule has 3 N–H and O–H groups in total. The van der Waals surface area contributed by atoms with E-state index in [1.54, 1.807) is 0 Å². The van der Waals surface area contributed by atoms with Crippen LogP contribution in [0, 0.1) is 17.3 Å². The molecule has 3 aliphatic carbocycles. The van der Waals surface area contributed by atoms with E-state index in [-0.39, 0.29) is 36.8 Å². The van der Waals surface area contributed by atoms with E-state index >= 15 is 0 Å². The van der Waals surface area contributed by atoms with E-state index in [2.05, 4.69) is 34.9 Å². The largest absolute Gasteiger partial charge is 0.481 e. The summed E-state index contributed by atoms with van der Waals surface area (Å²) in [7, 11) is 0. The number of carbonyl (C=O) groups excluding carboxylic acids is 2. The topological polar surface area (TPSA) is 105 Å². The first-order valence-electron chi connectivity index (χ1n) is 12.1. The zero-order valence-corrected chi connectivity index (χ0v) is 19.1. The highest BCUT2D eigenvalue weighted by molar-refractivity contribution is 5.82. The minimum absolute atomic E-state index is 0.00661. The summed E-state index contributed by atoms with van der Waals surface area (Å²) in [4.78, 5) is 36.5. The van der Waals surface area contributed by atoms with Crippen LogP contribution < -0.4 is 10.6 Å². The van der Waals surface area contributed by atoms with Crippen LogP contribution in [-0.2, 0) is 14.3 Å². The van der Waals surface area contributed by atoms with Gasteiger partial charge in [0.05, 0.1) is 5.41 Å². The molecule has 2 fully saturated rings. The molecule has 3 aliphatic rings. The SMILES string of the molecule is O=C(NC[C@H]1CCC[C@H]1C(=O)NCC1(C(=O)O)CC1)OCC1c2ccccc2-c2ccccc21. The first-order chi connectivity index (χ1) is 16.5. The highest BCUT2D eigenvalue weighted by Gasteiger charge is 2.50. The molecule has 7 nitrogen and oxygen atoms in total. The Labute approximate surface area is 198 Å². The van der Waals surface area contributed by atoms with E-state index in [1.165, 1.54) is 22.3 Å². The molecular weight excluding hydrogens is 432 g/mol. The Bertz CT molecular complexity index is 1060. The number of fused-ring (bicyclic) bond motifs is 3. The number of carbonyl (C=O) groups is 3. The predicted octanol–water partition coefficient (Wildman–Crippen LogP) is 3.92. The van der Waals surface area contributed by atoms with Gasteiger partial charge in [-0.25, -0.2) is 4.79 Å². The summed E-state index contributed by atoms with van der Waals surface area (Å²) < 4.78 is 5.61. The summed E-state index contributed by atoms with van der Waals surface area (Å²) in [5.74, 6) is -1.12. The molecule has 0 spiro atoms. The lowest BCUT2D eigenvalue weighted by molar-refractivity contribution is -0.143. The Morgan fingerprint density at radius 1 is 0.941 bits per heavy atom. The van der Waals surface area contributed by atoms with Gasteiger partial charge in [-0.15, -0.1) is 0 Å². The number of alkyl carbamates (subject to hydrolysis) is 1. The normalized spacial score (nSPS) is 21.9. The zero-order chi connectivity index (χ0) is 23.7. The fraction of sp³-hybridized carbons (Fsp3) is 0.444. The molecular formula is C27H30N2O5. The van der Waals surface area contributed by atoms with Gasteiger partial charge in [0.1, 0.15) is 6.61 Å². The van der Waals surface area contributed by atoms with Gasteiger partial charge in [-0.3, -0.25) is 9.59 Å². The van der Waals surface area contributed by atoms with Gasteiger partial charge in [0.2, 0.25) is 5.91 Å². The summed E-state index contributed by atoms with van der Waals surface area (Å²) in [5, 5.41) is 15.0. The molecule has 178 valence electrons. The monoisotopic (exact) mass is 462 g/mol. The Kier molecular flexibility index (Phi) is 6.02. The van der Waals surface area contributed by atoms with E-state index in [4.69, 9.17) is 4.74 Å². The fourth-order valence-electron chi connectivity index (χ4n) is 5.49. The van der Waals surface area contributed by atoms with Crippen molar-refractivity contribution in [3.63, 3.8) is 0 Å². The van der Waals surface area contributed by atoms with Crippen LogP contribution in [0.4, 0.5) is 4.79 Å². The van der Waals surface area contributed by atoms with E-state index in [0.29, 0.717) is 19.4 Å². The first kappa shape index (κ1) is 22.4. The number of rotatable bonds is 8. The third kappa shape index (κ3) is 4.27. The van der Waals surface area contributed by atoms with Gasteiger partial charge in [-0.05, 0) is 53.9 Å². The molecule has 7 heteroatoms. The van der Waals surface area contributed by atoms with E-state index in [1.807, 2.05) is 24.3 Å². The van der Waals surface area contributed by atoms with Crippen molar-refractivity contribution in [1.82, 2.24) is 10.6 Å². The van der Waals surface area contributed by atoms with Crippen molar-refractivity contribution in [1.29, 1.82) is 0 Å². The summed E-state index contributed by atoms with van der Waals surface area (Å²) in [6.07, 6.45) is 3.27. The van der Waals surface area contributed by atoms with Crippen molar-refractivity contribution in [2.45, 2.75) is 38.0 Å². The molecule has 5 rings (SSSR count). The Balaban J connectivity index is 1.12. The maximum absolute atomic E-state index is 12.7. The molecule has 2 amide bonds. The molecule has 2 aromatic carbocycles. The summed E-state index contributed by atoms with van der Waals surface area (Å²) in [5.41, 5.74) is 3.92. The molecule has 0 unspecified atom stereocenters. The quantitative estimate of drug-likeness (QED) is 0.552. The maximum atomic E-state index is 12.7. The van der Waals surface area contributed by atoms with Crippen molar-refractivity contribution < 1.29 is 24.2 Å². The average Bonchev–Trinajstić information content (AvgIpc) is 3.39. The van der Waals surface area contributed by atoms with Crippen molar-refractivity contribution in [2.75, 3.05) is 19.7 Å². The molecule has 0 heterocycles. The van der Waals surface area contributed by atoms with Crippen molar-refractivity contribution >= 4 is 18.0 Å². The standard InChI is InChI=1S/C27H30N2O5/c30-24(29-16-27(12-13-27)25(31)32)18-11-5-6-17(18)14-28-26(33)34-15-23-21-9-3-1-7-19(21)20-8-2-4-10-22(20)23/h1-4,7-10,17-18,23H,5-6,11-16H2,(H,28,33)(H,29,30)(H,31,32)/t17-,18-/m1/s1. The van der Waals surface area contributed by atoms with Crippen LogP contribution in [0.3, 0.4) is 0 Å². The first-order valence-corrected chi connectivity index (χ1v) is 12.1. The maximum Gasteiger partial charge on any atom is 0.407 e. The van der Waals surface area contributed by atoms with E-state index in [9.17, 15) is 19.5 Å². The van der Waals surface area contributed by atoms with Crippen LogP contribution in [-0.4, -0.2) is 42.8 Å². The van der Waals surface area contributed by atoms with Crippen LogP contribution in [0.5, 0.6) is 0 Å². The number of hydrogen-bond donors (Lipinski definition) is 3. The molecule has 2 saturated carbocycles. The van der Waals surface area contributed by atoms with Crippen molar-refractivity contribution in [3.05, 3.63) is 59.7 Å². The number of carboxylic acid groups (broad SMARTS) is 1. The van der Waals surface area contributed by atoms with Gasteiger partial charge in [0.15, 0.2) is 0 Å². The van der Waals surface area contributed by atoms with E-state index in [0.717, 1.165) is 19.3 Å². The summed E-state index contributed by atoms with van der Waals surface area (Å²) in [6, 6.07) is 16.4. The number of carboxylic acids is 1. The van der Waals surface area contributed by atoms with Gasteiger partial charge >= 0.3 is 12.1 Å². The number of ether oxygens (including phenoxy) is 1. The third-order valence-electron chi connectivity index (χ3n) is 7.76. The van der Waals surface area contributed by atoms with Gasteiger partial charge in [0.25, 0.3) is 0 Å². The highest BCUT2D eigenvalue weighted by Crippen LogP contribution is 2.46. The van der Waals surface area contributed by atoms with Gasteiger partial charge < -0.3 is 20.5 Å². The van der Waals surface area contributed by atoms with Gasteiger partial charge in [-0.2, -0.15) is 0 Å². The van der Waals surface area contributed by atoms with Gasteiger partial charge in [-0.1, -0.05) is 55.0 Å². The lowest BCUT2D eigenvalue weighted by Gasteiger charge is -2.21. The molecule has 0 aromatic heterocycles. The highest BCUT2D eigenvalue weighted by atomic mass is 16.5. The third-order valence-corrected chi connectivity index (χ3v) is 7.76. The molecule has 0 bridgehead atoms. The number of hydrogen-bond acceptors (Lipinski definition) is 4. The second-order valence-electron chi connectivity index (χ2n) is 9.81. The molecule has 0 aliphatic heterocycles. The number of nitrogens with one attached hydrogen (secondary N) is 2. The van der Waals surface area contributed by atoms with Crippen LogP contribution in [0.15, 0.2) is 48.5 Å². The van der Waals surface area contributed by atoms with Crippen LogP contribution in [0.2, 0.25) is 0 Å². The Hall–Kier alpha value is -3.35. The second-order valence-corrected chi connectivity index (χ2v) is 9.81. The fourth-order valence-corrected chi connectivity index (χ4v) is 5.49. The Morgan fingerprint density at radius 2 is 1.59 bits per heavy atom. The van der Waals surface area contributed by atoms with Crippen molar-refractivity contribution in [2.24, 2.45) is 17.3 Å². The van der Waals surface area contributed by atoms with Crippen molar-refractivity contribution in [3.8, 4) is 11.1 Å². The lowest BCUT2D eigenvalue weighted by Crippen LogP contribution is -2.41. The average molecular weight is 463 g/mol. The molecule has 34 heavy (non-hydrogen) atoms. The number of amides is 2. The molecule has 2 atom stereocenters. The van der Waals surface area contributed by atoms with E-state index < -0.39 is 17.5 Å². The Morgan fingerprint density at radius 3 is 2.21 bits per heavy atom. The second kappa shape index (κ2) is 9.12. The summed E-state index contributed by atoms with van der Waals surface area (Å²) in [6.45, 7) is 0.814. The molecule has 2 aromatic rings. The minimum Gasteiger partial charge on any atom is -0.481 e. The zero-order valence-electron chi connectivity index (χ0n) is 19.1. The summed E-state index contributed by atoms with van der Waals surface area (Å²) >= 11 is 0. The molecule has 0 radical (unpaired) electrons. The van der Waals surface area contributed by atoms with Crippen LogP contribution >= 0.6 is 0 Å². The van der Waals surface area contributed by atoms with Crippen LogP contribution in [0.1, 0.15) is 49.1 Å². The minimum atomic E-state index is -0.840. The van der Waals surface area contributed by atoms with Gasteiger partial charge in [0, 0.05) is 24.9 Å².